The quantitative estimate of drug-likeness (QED) is 0.680. The summed E-state index contributed by atoms with van der Waals surface area (Å²) in [4.78, 5) is 25.4. The molecule has 2 aliphatic rings. The molecule has 0 radical (unpaired) electrons. The van der Waals surface area contributed by atoms with Crippen LogP contribution in [0.2, 0.25) is 0 Å². The SMILES string of the molecule is CC(=O)Nc1cccc(-c2cnc3nc(N4CCC(N5CCCCC5)CC4)oc3c2)c1. The normalized spacial score (nSPS) is 18.4. The highest BCUT2D eigenvalue weighted by molar-refractivity contribution is 5.89. The van der Waals surface area contributed by atoms with Crippen LogP contribution < -0.4 is 10.2 Å². The maximum atomic E-state index is 11.3. The van der Waals surface area contributed by atoms with Crippen LogP contribution in [0.25, 0.3) is 22.4 Å². The monoisotopic (exact) mass is 419 g/mol. The first-order valence-electron chi connectivity index (χ1n) is 11.3. The van der Waals surface area contributed by atoms with Gasteiger partial charge in [0, 0.05) is 43.5 Å². The Labute approximate surface area is 182 Å². The number of nitrogens with one attached hydrogen (secondary N) is 1. The molecule has 2 fully saturated rings. The number of nitrogens with zero attached hydrogens (tertiary/aromatic N) is 4. The van der Waals surface area contributed by atoms with Crippen molar-refractivity contribution in [2.45, 2.75) is 45.1 Å². The van der Waals surface area contributed by atoms with Crippen molar-refractivity contribution >= 4 is 28.8 Å². The van der Waals surface area contributed by atoms with Crippen molar-refractivity contribution in [1.29, 1.82) is 0 Å². The minimum Gasteiger partial charge on any atom is -0.422 e. The Hall–Kier alpha value is -2.93. The largest absolute Gasteiger partial charge is 0.422 e. The van der Waals surface area contributed by atoms with Gasteiger partial charge in [-0.1, -0.05) is 18.6 Å². The van der Waals surface area contributed by atoms with Crippen LogP contribution in [0.15, 0.2) is 40.9 Å². The summed E-state index contributed by atoms with van der Waals surface area (Å²) >= 11 is 0. The summed E-state index contributed by atoms with van der Waals surface area (Å²) in [6, 6.07) is 11.1. The van der Waals surface area contributed by atoms with Gasteiger partial charge in [0.2, 0.25) is 11.6 Å². The molecule has 5 rings (SSSR count). The molecule has 1 amide bonds. The van der Waals surface area contributed by atoms with Gasteiger partial charge in [-0.05, 0) is 62.5 Å². The lowest BCUT2D eigenvalue weighted by molar-refractivity contribution is -0.114. The summed E-state index contributed by atoms with van der Waals surface area (Å²) in [5.74, 6) is -0.0883. The Morgan fingerprint density at radius 3 is 2.65 bits per heavy atom. The van der Waals surface area contributed by atoms with Crippen molar-refractivity contribution in [1.82, 2.24) is 14.9 Å². The van der Waals surface area contributed by atoms with Crippen molar-refractivity contribution in [3.05, 3.63) is 36.5 Å². The van der Waals surface area contributed by atoms with Crippen LogP contribution in [0.4, 0.5) is 11.7 Å². The van der Waals surface area contributed by atoms with E-state index in [2.05, 4.69) is 25.1 Å². The smallest absolute Gasteiger partial charge is 0.299 e. The number of carbonyl (C=O) groups excluding carboxylic acids is 1. The first-order chi connectivity index (χ1) is 15.2. The van der Waals surface area contributed by atoms with Gasteiger partial charge >= 0.3 is 0 Å². The highest BCUT2D eigenvalue weighted by atomic mass is 16.4. The molecule has 1 N–H and O–H groups in total. The van der Waals surface area contributed by atoms with Crippen LogP contribution in [-0.4, -0.2) is 53.0 Å². The third kappa shape index (κ3) is 4.42. The Kier molecular flexibility index (Phi) is 5.59. The van der Waals surface area contributed by atoms with E-state index in [1.165, 1.54) is 39.3 Å². The zero-order valence-corrected chi connectivity index (χ0v) is 18.0. The van der Waals surface area contributed by atoms with Crippen LogP contribution >= 0.6 is 0 Å². The molecule has 2 saturated heterocycles. The molecule has 3 aromatic rings. The lowest BCUT2D eigenvalue weighted by Gasteiger charge is -2.39. The number of oxazole rings is 1. The number of carbonyl (C=O) groups is 1. The second-order valence-electron chi connectivity index (χ2n) is 8.62. The van der Waals surface area contributed by atoms with Crippen LogP contribution in [0.1, 0.15) is 39.0 Å². The van der Waals surface area contributed by atoms with Gasteiger partial charge in [0.15, 0.2) is 5.58 Å². The van der Waals surface area contributed by atoms with Crippen LogP contribution in [0.3, 0.4) is 0 Å². The van der Waals surface area contributed by atoms with E-state index in [4.69, 9.17) is 4.42 Å². The van der Waals surface area contributed by atoms with Gasteiger partial charge in [-0.2, -0.15) is 4.98 Å². The van der Waals surface area contributed by atoms with E-state index in [1.807, 2.05) is 36.5 Å². The van der Waals surface area contributed by atoms with E-state index >= 15 is 0 Å². The molecule has 31 heavy (non-hydrogen) atoms. The number of piperidine rings is 2. The molecule has 0 aliphatic carbocycles. The van der Waals surface area contributed by atoms with E-state index < -0.39 is 0 Å². The number of amides is 1. The van der Waals surface area contributed by atoms with E-state index in [0.717, 1.165) is 42.7 Å². The minimum absolute atomic E-state index is 0.0883. The summed E-state index contributed by atoms with van der Waals surface area (Å²) in [6.07, 6.45) is 8.19. The molecule has 2 aliphatic heterocycles. The standard InChI is InChI=1S/C24H29N5O2/c1-17(30)26-20-7-5-6-18(14-20)19-15-22-23(25-16-19)27-24(31-22)29-12-8-21(9-13-29)28-10-3-2-4-11-28/h5-7,14-16,21H,2-4,8-13H2,1H3,(H,26,30). The van der Waals surface area contributed by atoms with Crippen LogP contribution in [-0.2, 0) is 4.79 Å². The number of fused-ring (bicyclic) bond motifs is 1. The molecule has 0 unspecified atom stereocenters. The van der Waals surface area contributed by atoms with E-state index in [9.17, 15) is 4.79 Å². The van der Waals surface area contributed by atoms with Crippen LogP contribution in [0.5, 0.6) is 0 Å². The first kappa shape index (κ1) is 20.0. The molecule has 162 valence electrons. The van der Waals surface area contributed by atoms with E-state index in [0.29, 0.717) is 23.3 Å². The summed E-state index contributed by atoms with van der Waals surface area (Å²) in [5.41, 5.74) is 4.00. The molecule has 4 heterocycles. The van der Waals surface area contributed by atoms with Crippen LogP contribution in [0, 0.1) is 0 Å². The Morgan fingerprint density at radius 2 is 1.87 bits per heavy atom. The van der Waals surface area contributed by atoms with E-state index in [1.54, 1.807) is 0 Å². The van der Waals surface area contributed by atoms with Crippen molar-refractivity contribution in [3.8, 4) is 11.1 Å². The fourth-order valence-corrected chi connectivity index (χ4v) is 4.79. The van der Waals surface area contributed by atoms with Crippen molar-refractivity contribution < 1.29 is 9.21 Å². The molecule has 2 aromatic heterocycles. The van der Waals surface area contributed by atoms with E-state index in [-0.39, 0.29) is 5.91 Å². The number of hydrogen-bond acceptors (Lipinski definition) is 6. The summed E-state index contributed by atoms with van der Waals surface area (Å²) < 4.78 is 6.11. The van der Waals surface area contributed by atoms with Gasteiger partial charge in [0.1, 0.15) is 0 Å². The fourth-order valence-electron chi connectivity index (χ4n) is 4.79. The molecular formula is C24H29N5O2. The second kappa shape index (κ2) is 8.67. The van der Waals surface area contributed by atoms with Crippen molar-refractivity contribution in [2.75, 3.05) is 36.4 Å². The predicted octanol–water partition coefficient (Wildman–Crippen LogP) is 4.30. The van der Waals surface area contributed by atoms with Crippen molar-refractivity contribution in [2.24, 2.45) is 0 Å². The van der Waals surface area contributed by atoms with Gasteiger partial charge in [-0.25, -0.2) is 4.98 Å². The molecule has 0 bridgehead atoms. The van der Waals surface area contributed by atoms with Gasteiger partial charge in [0.05, 0.1) is 0 Å². The Bertz CT molecular complexity index is 1060. The second-order valence-corrected chi connectivity index (χ2v) is 8.62. The molecule has 7 nitrogen and oxygen atoms in total. The topological polar surface area (TPSA) is 74.5 Å². The lowest BCUT2D eigenvalue weighted by atomic mass is 10.0. The highest BCUT2D eigenvalue weighted by Crippen LogP contribution is 2.29. The first-order valence-corrected chi connectivity index (χ1v) is 11.3. The molecule has 0 spiro atoms. The molecule has 0 saturated carbocycles. The number of anilines is 2. The van der Waals surface area contributed by atoms with Crippen molar-refractivity contribution in [3.63, 3.8) is 0 Å². The van der Waals surface area contributed by atoms with Gasteiger partial charge < -0.3 is 19.5 Å². The summed E-state index contributed by atoms with van der Waals surface area (Å²) in [7, 11) is 0. The zero-order chi connectivity index (χ0) is 21.2. The van der Waals surface area contributed by atoms with Gasteiger partial charge in [-0.3, -0.25) is 4.79 Å². The summed E-state index contributed by atoms with van der Waals surface area (Å²) in [5, 5.41) is 2.82. The third-order valence-electron chi connectivity index (χ3n) is 6.39. The maximum absolute atomic E-state index is 11.3. The highest BCUT2D eigenvalue weighted by Gasteiger charge is 2.27. The number of pyridine rings is 1. The number of likely N-dealkylation sites (tertiary alicyclic amines) is 1. The summed E-state index contributed by atoms with van der Waals surface area (Å²) in [6.45, 7) is 5.96. The average molecular weight is 420 g/mol. The number of aromatic nitrogens is 2. The van der Waals surface area contributed by atoms with Gasteiger partial charge in [0.25, 0.3) is 6.01 Å². The number of rotatable bonds is 4. The predicted molar refractivity (Wildman–Crippen MR) is 122 cm³/mol. The lowest BCUT2D eigenvalue weighted by Crippen LogP contribution is -2.46. The fraction of sp³-hybridized carbons (Fsp3) is 0.458. The zero-order valence-electron chi connectivity index (χ0n) is 18.0. The Balaban J connectivity index is 1.30. The number of benzene rings is 1. The average Bonchev–Trinajstić information content (AvgIpc) is 3.23. The van der Waals surface area contributed by atoms with Gasteiger partial charge in [-0.15, -0.1) is 0 Å². The third-order valence-corrected chi connectivity index (χ3v) is 6.39. The number of hydrogen-bond donors (Lipinski definition) is 1. The molecular weight excluding hydrogens is 390 g/mol. The minimum atomic E-state index is -0.0883. The molecule has 7 heteroatoms. The molecule has 1 aromatic carbocycles. The maximum Gasteiger partial charge on any atom is 0.299 e. The molecule has 0 atom stereocenters. The Morgan fingerprint density at radius 1 is 1.06 bits per heavy atom.